The first-order chi connectivity index (χ1) is 14.9. The number of nitrogens with zero attached hydrogens (tertiary/aromatic N) is 2. The Morgan fingerprint density at radius 2 is 1.42 bits per heavy atom. The van der Waals surface area contributed by atoms with Crippen LogP contribution in [0.2, 0.25) is 0 Å². The van der Waals surface area contributed by atoms with Gasteiger partial charge in [-0.3, -0.25) is 4.79 Å². The lowest BCUT2D eigenvalue weighted by Crippen LogP contribution is -2.42. The van der Waals surface area contributed by atoms with E-state index in [4.69, 9.17) is 0 Å². The minimum Gasteiger partial charge on any atom is -0.363 e. The van der Waals surface area contributed by atoms with Gasteiger partial charge in [0.25, 0.3) is 5.91 Å². The summed E-state index contributed by atoms with van der Waals surface area (Å²) >= 11 is 0. The van der Waals surface area contributed by atoms with Crippen LogP contribution in [0.4, 0.5) is 5.82 Å². The Hall–Kier alpha value is -3.14. The Morgan fingerprint density at radius 3 is 2.03 bits per heavy atom. The molecule has 0 saturated heterocycles. The first-order valence-corrected chi connectivity index (χ1v) is 11.0. The molecule has 3 aromatic rings. The number of rotatable bonds is 8. The second-order valence-corrected chi connectivity index (χ2v) is 8.52. The zero-order valence-corrected chi connectivity index (χ0v) is 19.1. The molecule has 0 aliphatic heterocycles. The first-order valence-electron chi connectivity index (χ1n) is 11.0. The predicted octanol–water partition coefficient (Wildman–Crippen LogP) is 6.30. The van der Waals surface area contributed by atoms with Crippen LogP contribution in [0.15, 0.2) is 79.0 Å². The van der Waals surface area contributed by atoms with Crippen LogP contribution in [0, 0.1) is 0 Å². The summed E-state index contributed by atoms with van der Waals surface area (Å²) in [5.74, 6) is 0.945. The van der Waals surface area contributed by atoms with Crippen LogP contribution < -0.4 is 5.32 Å². The predicted molar refractivity (Wildman–Crippen MR) is 128 cm³/mol. The van der Waals surface area contributed by atoms with Gasteiger partial charge in [-0.2, -0.15) is 0 Å². The number of nitrogens with one attached hydrogen (secondary N) is 1. The highest BCUT2D eigenvalue weighted by molar-refractivity contribution is 5.96. The van der Waals surface area contributed by atoms with Crippen molar-refractivity contribution in [2.75, 3.05) is 5.32 Å². The molecule has 0 bridgehead atoms. The normalized spacial score (nSPS) is 13.1. The van der Waals surface area contributed by atoms with E-state index in [1.165, 1.54) is 0 Å². The largest absolute Gasteiger partial charge is 0.363 e. The van der Waals surface area contributed by atoms with E-state index in [9.17, 15) is 4.79 Å². The SMILES string of the molecule is CC(C)N(C(=O)c1ccccc1[C@H](C)[C@H](Nc1ccccn1)c1ccccc1)C(C)C. The number of pyridine rings is 1. The zero-order valence-electron chi connectivity index (χ0n) is 19.1. The van der Waals surface area contributed by atoms with Crippen molar-refractivity contribution < 1.29 is 4.79 Å². The minimum atomic E-state index is -0.0309. The average Bonchev–Trinajstić information content (AvgIpc) is 2.78. The van der Waals surface area contributed by atoms with Crippen molar-refractivity contribution >= 4 is 11.7 Å². The average molecular weight is 416 g/mol. The van der Waals surface area contributed by atoms with E-state index < -0.39 is 0 Å². The van der Waals surface area contributed by atoms with Crippen LogP contribution in [-0.4, -0.2) is 27.9 Å². The molecule has 3 rings (SSSR count). The third kappa shape index (κ3) is 5.32. The quantitative estimate of drug-likeness (QED) is 0.470. The topological polar surface area (TPSA) is 45.2 Å². The summed E-state index contributed by atoms with van der Waals surface area (Å²) in [6.45, 7) is 10.5. The van der Waals surface area contributed by atoms with Gasteiger partial charge in [0.1, 0.15) is 5.82 Å². The Morgan fingerprint density at radius 1 is 0.806 bits per heavy atom. The summed E-state index contributed by atoms with van der Waals surface area (Å²) in [6.07, 6.45) is 1.79. The monoisotopic (exact) mass is 415 g/mol. The summed E-state index contributed by atoms with van der Waals surface area (Å²) < 4.78 is 0. The highest BCUT2D eigenvalue weighted by atomic mass is 16.2. The van der Waals surface area contributed by atoms with Crippen LogP contribution in [0.1, 0.15) is 68.1 Å². The number of amides is 1. The number of anilines is 1. The van der Waals surface area contributed by atoms with E-state index in [2.05, 4.69) is 63.1 Å². The van der Waals surface area contributed by atoms with Crippen LogP contribution in [0.5, 0.6) is 0 Å². The van der Waals surface area contributed by atoms with Gasteiger partial charge in [0.05, 0.1) is 6.04 Å². The van der Waals surface area contributed by atoms with Gasteiger partial charge < -0.3 is 10.2 Å². The molecule has 1 aromatic heterocycles. The molecule has 0 radical (unpaired) electrons. The van der Waals surface area contributed by atoms with E-state index in [0.717, 1.165) is 22.5 Å². The fourth-order valence-corrected chi connectivity index (χ4v) is 4.24. The van der Waals surface area contributed by atoms with Crippen molar-refractivity contribution in [3.05, 3.63) is 95.7 Å². The van der Waals surface area contributed by atoms with Crippen molar-refractivity contribution in [3.63, 3.8) is 0 Å². The smallest absolute Gasteiger partial charge is 0.254 e. The summed E-state index contributed by atoms with van der Waals surface area (Å²) in [4.78, 5) is 20.0. The summed E-state index contributed by atoms with van der Waals surface area (Å²) in [5.41, 5.74) is 2.96. The third-order valence-corrected chi connectivity index (χ3v) is 5.66. The van der Waals surface area contributed by atoms with Crippen molar-refractivity contribution in [1.29, 1.82) is 0 Å². The molecular weight excluding hydrogens is 382 g/mol. The highest BCUT2D eigenvalue weighted by Gasteiger charge is 2.28. The lowest BCUT2D eigenvalue weighted by molar-refractivity contribution is 0.0642. The lowest BCUT2D eigenvalue weighted by Gasteiger charge is -2.33. The molecule has 1 heterocycles. The molecule has 4 nitrogen and oxygen atoms in total. The van der Waals surface area contributed by atoms with Gasteiger partial charge in [-0.15, -0.1) is 0 Å². The first kappa shape index (κ1) is 22.5. The Kier molecular flexibility index (Phi) is 7.45. The van der Waals surface area contributed by atoms with Gasteiger partial charge in [0, 0.05) is 29.8 Å². The minimum absolute atomic E-state index is 0.0309. The molecule has 2 aromatic carbocycles. The van der Waals surface area contributed by atoms with E-state index >= 15 is 0 Å². The zero-order chi connectivity index (χ0) is 22.4. The molecule has 31 heavy (non-hydrogen) atoms. The van der Waals surface area contributed by atoms with Crippen molar-refractivity contribution in [2.45, 2.75) is 58.7 Å². The molecule has 0 fully saturated rings. The number of carbonyl (C=O) groups is 1. The second kappa shape index (κ2) is 10.3. The molecule has 1 amide bonds. The number of hydrogen-bond donors (Lipinski definition) is 1. The second-order valence-electron chi connectivity index (χ2n) is 8.52. The van der Waals surface area contributed by atoms with Gasteiger partial charge >= 0.3 is 0 Å². The molecule has 162 valence electrons. The van der Waals surface area contributed by atoms with Gasteiger partial charge in [0.2, 0.25) is 0 Å². The summed E-state index contributed by atoms with van der Waals surface area (Å²) in [7, 11) is 0. The molecule has 0 spiro atoms. The van der Waals surface area contributed by atoms with Crippen LogP contribution in [0.25, 0.3) is 0 Å². The fourth-order valence-electron chi connectivity index (χ4n) is 4.24. The van der Waals surface area contributed by atoms with Crippen LogP contribution in [0.3, 0.4) is 0 Å². The van der Waals surface area contributed by atoms with Gasteiger partial charge in [-0.25, -0.2) is 4.98 Å². The van der Waals surface area contributed by atoms with Crippen LogP contribution >= 0.6 is 0 Å². The molecule has 0 aliphatic rings. The molecule has 0 unspecified atom stereocenters. The number of benzene rings is 2. The van der Waals surface area contributed by atoms with Gasteiger partial charge in [-0.1, -0.05) is 61.5 Å². The number of hydrogen-bond acceptors (Lipinski definition) is 3. The van der Waals surface area contributed by atoms with Crippen molar-refractivity contribution in [2.24, 2.45) is 0 Å². The Bertz CT molecular complexity index is 962. The lowest BCUT2D eigenvalue weighted by atomic mass is 9.85. The molecular formula is C27H33N3O. The van der Waals surface area contributed by atoms with Crippen LogP contribution in [-0.2, 0) is 0 Å². The van der Waals surface area contributed by atoms with Crippen molar-refractivity contribution in [3.8, 4) is 0 Å². The maximum atomic E-state index is 13.6. The van der Waals surface area contributed by atoms with E-state index in [1.807, 2.05) is 59.5 Å². The van der Waals surface area contributed by atoms with E-state index in [1.54, 1.807) is 6.20 Å². The molecule has 2 atom stereocenters. The molecule has 0 saturated carbocycles. The van der Waals surface area contributed by atoms with Gasteiger partial charge in [-0.05, 0) is 57.0 Å². The fraction of sp³-hybridized carbons (Fsp3) is 0.333. The Balaban J connectivity index is 2.02. The maximum absolute atomic E-state index is 13.6. The van der Waals surface area contributed by atoms with E-state index in [0.29, 0.717) is 0 Å². The third-order valence-electron chi connectivity index (χ3n) is 5.66. The maximum Gasteiger partial charge on any atom is 0.254 e. The summed E-state index contributed by atoms with van der Waals surface area (Å²) in [6, 6.07) is 24.4. The number of carbonyl (C=O) groups excluding carboxylic acids is 1. The van der Waals surface area contributed by atoms with E-state index in [-0.39, 0.29) is 30.0 Å². The standard InChI is InChI=1S/C27H33N3O/c1-19(2)30(20(3)4)27(31)24-16-10-9-15-23(24)21(5)26(22-13-7-6-8-14-22)29-25-17-11-12-18-28-25/h6-21,26H,1-5H3,(H,28,29)/t21-,26-/m0/s1. The summed E-state index contributed by atoms with van der Waals surface area (Å²) in [5, 5.41) is 3.60. The molecule has 1 N–H and O–H groups in total. The van der Waals surface area contributed by atoms with Crippen molar-refractivity contribution in [1.82, 2.24) is 9.88 Å². The van der Waals surface area contributed by atoms with Gasteiger partial charge in [0.15, 0.2) is 0 Å². The number of aromatic nitrogens is 1. The highest BCUT2D eigenvalue weighted by Crippen LogP contribution is 2.35. The molecule has 4 heteroatoms. The molecule has 0 aliphatic carbocycles. The Labute approximate surface area is 186 Å².